The van der Waals surface area contributed by atoms with Gasteiger partial charge in [-0.1, -0.05) is 58.4 Å². The standard InChI is InChI=1S/C16H13BrO/c1-12-7-9-14(15(17)11-12)16(18)10-8-13-5-3-2-4-6-13/h2-11H,1H3. The number of hydrogen-bond donors (Lipinski definition) is 0. The zero-order valence-corrected chi connectivity index (χ0v) is 11.6. The summed E-state index contributed by atoms with van der Waals surface area (Å²) in [7, 11) is 0. The van der Waals surface area contributed by atoms with Crippen molar-refractivity contribution in [2.24, 2.45) is 0 Å². The van der Waals surface area contributed by atoms with Crippen LogP contribution in [0.5, 0.6) is 0 Å². The largest absolute Gasteiger partial charge is 0.289 e. The summed E-state index contributed by atoms with van der Waals surface area (Å²) >= 11 is 3.42. The van der Waals surface area contributed by atoms with Gasteiger partial charge in [0.15, 0.2) is 5.78 Å². The lowest BCUT2D eigenvalue weighted by molar-refractivity contribution is 0.104. The molecule has 0 aliphatic heterocycles. The van der Waals surface area contributed by atoms with Crippen LogP contribution in [0.2, 0.25) is 0 Å². The van der Waals surface area contributed by atoms with Gasteiger partial charge >= 0.3 is 0 Å². The minimum Gasteiger partial charge on any atom is -0.289 e. The zero-order valence-electron chi connectivity index (χ0n) is 10.1. The molecule has 2 aromatic carbocycles. The first-order valence-corrected chi connectivity index (χ1v) is 6.50. The molecule has 0 heterocycles. The van der Waals surface area contributed by atoms with Gasteiger partial charge in [-0.25, -0.2) is 0 Å². The van der Waals surface area contributed by atoms with Gasteiger partial charge in [-0.2, -0.15) is 0 Å². The first-order chi connectivity index (χ1) is 8.66. The van der Waals surface area contributed by atoms with Crippen LogP contribution in [-0.2, 0) is 0 Å². The molecule has 0 radical (unpaired) electrons. The van der Waals surface area contributed by atoms with Crippen LogP contribution < -0.4 is 0 Å². The van der Waals surface area contributed by atoms with E-state index in [1.807, 2.05) is 61.5 Å². The Morgan fingerprint density at radius 1 is 1.11 bits per heavy atom. The van der Waals surface area contributed by atoms with Gasteiger partial charge in [0.05, 0.1) is 0 Å². The predicted molar refractivity (Wildman–Crippen MR) is 78.7 cm³/mol. The van der Waals surface area contributed by atoms with Crippen molar-refractivity contribution in [1.29, 1.82) is 0 Å². The number of benzene rings is 2. The summed E-state index contributed by atoms with van der Waals surface area (Å²) in [6.07, 6.45) is 3.43. The SMILES string of the molecule is Cc1ccc(C(=O)C=Cc2ccccc2)c(Br)c1. The third-order valence-electron chi connectivity index (χ3n) is 2.62. The summed E-state index contributed by atoms with van der Waals surface area (Å²) < 4.78 is 0.838. The molecule has 0 unspecified atom stereocenters. The molecule has 0 spiro atoms. The van der Waals surface area contributed by atoms with E-state index in [0.29, 0.717) is 5.56 Å². The number of ketones is 1. The summed E-state index contributed by atoms with van der Waals surface area (Å²) in [6.45, 7) is 2.00. The molecule has 2 aromatic rings. The Balaban J connectivity index is 2.20. The van der Waals surface area contributed by atoms with Crippen LogP contribution in [0.3, 0.4) is 0 Å². The second-order valence-electron chi connectivity index (χ2n) is 4.09. The van der Waals surface area contributed by atoms with Gasteiger partial charge in [-0.3, -0.25) is 4.79 Å². The molecule has 0 atom stereocenters. The first-order valence-electron chi connectivity index (χ1n) is 5.70. The molecule has 2 heteroatoms. The number of aryl methyl sites for hydroxylation is 1. The minimum atomic E-state index is 0.00530. The van der Waals surface area contributed by atoms with Crippen LogP contribution >= 0.6 is 15.9 Å². The first kappa shape index (κ1) is 12.8. The molecule has 2 rings (SSSR count). The molecular weight excluding hydrogens is 288 g/mol. The Labute approximate surface area is 115 Å². The van der Waals surface area contributed by atoms with E-state index in [0.717, 1.165) is 15.6 Å². The van der Waals surface area contributed by atoms with Crippen LogP contribution in [-0.4, -0.2) is 5.78 Å². The van der Waals surface area contributed by atoms with Gasteiger partial charge in [0, 0.05) is 10.0 Å². The fourth-order valence-corrected chi connectivity index (χ4v) is 2.33. The van der Waals surface area contributed by atoms with Crippen molar-refractivity contribution in [1.82, 2.24) is 0 Å². The summed E-state index contributed by atoms with van der Waals surface area (Å²) in [5, 5.41) is 0. The molecular formula is C16H13BrO. The summed E-state index contributed by atoms with van der Waals surface area (Å²) in [4.78, 5) is 12.0. The molecule has 18 heavy (non-hydrogen) atoms. The van der Waals surface area contributed by atoms with Crippen LogP contribution in [0.4, 0.5) is 0 Å². The molecule has 90 valence electrons. The molecule has 0 aromatic heterocycles. The van der Waals surface area contributed by atoms with Crippen molar-refractivity contribution in [2.75, 3.05) is 0 Å². The lowest BCUT2D eigenvalue weighted by Crippen LogP contribution is -1.95. The number of rotatable bonds is 3. The van der Waals surface area contributed by atoms with Crippen molar-refractivity contribution >= 4 is 27.8 Å². The van der Waals surface area contributed by atoms with Crippen LogP contribution in [0, 0.1) is 6.92 Å². The minimum absolute atomic E-state index is 0.00530. The number of allylic oxidation sites excluding steroid dienone is 1. The highest BCUT2D eigenvalue weighted by molar-refractivity contribution is 9.10. The highest BCUT2D eigenvalue weighted by Gasteiger charge is 2.06. The maximum absolute atomic E-state index is 12.0. The highest BCUT2D eigenvalue weighted by Crippen LogP contribution is 2.19. The van der Waals surface area contributed by atoms with Crippen molar-refractivity contribution in [3.05, 3.63) is 75.8 Å². The Kier molecular flexibility index (Phi) is 4.11. The number of halogens is 1. The lowest BCUT2D eigenvalue weighted by Gasteiger charge is -2.01. The molecule has 0 fully saturated rings. The van der Waals surface area contributed by atoms with E-state index < -0.39 is 0 Å². The van der Waals surface area contributed by atoms with Crippen molar-refractivity contribution in [3.8, 4) is 0 Å². The molecule has 0 saturated heterocycles. The number of hydrogen-bond acceptors (Lipinski definition) is 1. The van der Waals surface area contributed by atoms with E-state index in [2.05, 4.69) is 15.9 Å². The normalized spacial score (nSPS) is 10.8. The van der Waals surface area contributed by atoms with E-state index in [1.165, 1.54) is 0 Å². The van der Waals surface area contributed by atoms with Gasteiger partial charge in [0.25, 0.3) is 0 Å². The fraction of sp³-hybridized carbons (Fsp3) is 0.0625. The number of carbonyl (C=O) groups excluding carboxylic acids is 1. The topological polar surface area (TPSA) is 17.1 Å². The van der Waals surface area contributed by atoms with Gasteiger partial charge in [0.1, 0.15) is 0 Å². The molecule has 0 bridgehead atoms. The summed E-state index contributed by atoms with van der Waals surface area (Å²) in [6, 6.07) is 15.5. The van der Waals surface area contributed by atoms with E-state index in [1.54, 1.807) is 6.08 Å². The third-order valence-corrected chi connectivity index (χ3v) is 3.27. The average Bonchev–Trinajstić information content (AvgIpc) is 2.37. The van der Waals surface area contributed by atoms with Crippen molar-refractivity contribution in [2.45, 2.75) is 6.92 Å². The molecule has 0 amide bonds. The van der Waals surface area contributed by atoms with Crippen molar-refractivity contribution in [3.63, 3.8) is 0 Å². The molecule has 1 nitrogen and oxygen atoms in total. The maximum Gasteiger partial charge on any atom is 0.186 e. The Hall–Kier alpha value is -1.67. The second kappa shape index (κ2) is 5.78. The Morgan fingerprint density at radius 3 is 2.50 bits per heavy atom. The van der Waals surface area contributed by atoms with Crippen molar-refractivity contribution < 1.29 is 4.79 Å². The maximum atomic E-state index is 12.0. The van der Waals surface area contributed by atoms with E-state index in [9.17, 15) is 4.79 Å². The van der Waals surface area contributed by atoms with Crippen LogP contribution in [0.25, 0.3) is 6.08 Å². The summed E-state index contributed by atoms with van der Waals surface area (Å²) in [5.74, 6) is 0.00530. The van der Waals surface area contributed by atoms with Gasteiger partial charge in [0.2, 0.25) is 0 Å². The summed E-state index contributed by atoms with van der Waals surface area (Å²) in [5.41, 5.74) is 2.84. The van der Waals surface area contributed by atoms with E-state index in [-0.39, 0.29) is 5.78 Å². The zero-order chi connectivity index (χ0) is 13.0. The van der Waals surface area contributed by atoms with E-state index in [4.69, 9.17) is 0 Å². The van der Waals surface area contributed by atoms with Gasteiger partial charge in [-0.15, -0.1) is 0 Å². The Bertz CT molecular complexity index is 585. The van der Waals surface area contributed by atoms with Gasteiger partial charge in [-0.05, 0) is 36.3 Å². The quantitative estimate of drug-likeness (QED) is 0.595. The fourth-order valence-electron chi connectivity index (χ4n) is 1.65. The van der Waals surface area contributed by atoms with Crippen LogP contribution in [0.15, 0.2) is 59.1 Å². The predicted octanol–water partition coefficient (Wildman–Crippen LogP) is 4.65. The second-order valence-corrected chi connectivity index (χ2v) is 4.95. The monoisotopic (exact) mass is 300 g/mol. The molecule has 0 aliphatic rings. The Morgan fingerprint density at radius 2 is 1.83 bits per heavy atom. The lowest BCUT2D eigenvalue weighted by atomic mass is 10.1. The molecule has 0 saturated carbocycles. The van der Waals surface area contributed by atoms with Gasteiger partial charge < -0.3 is 0 Å². The smallest absolute Gasteiger partial charge is 0.186 e. The molecule has 0 aliphatic carbocycles. The average molecular weight is 301 g/mol. The van der Waals surface area contributed by atoms with E-state index >= 15 is 0 Å². The number of carbonyl (C=O) groups is 1. The van der Waals surface area contributed by atoms with Crippen LogP contribution in [0.1, 0.15) is 21.5 Å². The molecule has 0 N–H and O–H groups in total. The third kappa shape index (κ3) is 3.17. The highest BCUT2D eigenvalue weighted by atomic mass is 79.9.